The Morgan fingerprint density at radius 1 is 1.33 bits per heavy atom. The third-order valence-corrected chi connectivity index (χ3v) is 4.24. The molecule has 0 radical (unpaired) electrons. The van der Waals surface area contributed by atoms with Crippen LogP contribution in [0.5, 0.6) is 0 Å². The van der Waals surface area contributed by atoms with Gasteiger partial charge in [0.05, 0.1) is 0 Å². The molecular weight excluding hydrogens is 362 g/mol. The van der Waals surface area contributed by atoms with Crippen LogP contribution in [-0.4, -0.2) is 21.7 Å². The number of hydrogen-bond acceptors (Lipinski definition) is 2. The molecule has 1 N–H and O–H groups in total. The van der Waals surface area contributed by atoms with E-state index >= 15 is 0 Å². The van der Waals surface area contributed by atoms with Gasteiger partial charge in [-0.1, -0.05) is 25.7 Å². The van der Waals surface area contributed by atoms with E-state index < -0.39 is 0 Å². The van der Waals surface area contributed by atoms with Gasteiger partial charge in [0.25, 0.3) is 0 Å². The first kappa shape index (κ1) is 14.1. The lowest BCUT2D eigenvalue weighted by Crippen LogP contribution is -2.36. The Balaban J connectivity index is 1.86. The molecule has 100 valence electrons. The van der Waals surface area contributed by atoms with Crippen LogP contribution < -0.4 is 5.32 Å². The fourth-order valence-electron chi connectivity index (χ4n) is 2.31. The van der Waals surface area contributed by atoms with Crippen molar-refractivity contribution in [2.75, 3.05) is 0 Å². The fraction of sp³-hybridized carbons (Fsp3) is 0.667. The van der Waals surface area contributed by atoms with Gasteiger partial charge in [-0.3, -0.25) is 4.79 Å². The van der Waals surface area contributed by atoms with Gasteiger partial charge in [-0.2, -0.15) is 5.10 Å². The van der Waals surface area contributed by atoms with Crippen LogP contribution in [0.15, 0.2) is 15.3 Å². The Kier molecular flexibility index (Phi) is 5.24. The molecule has 1 aliphatic carbocycles. The predicted molar refractivity (Wildman–Crippen MR) is 77.3 cm³/mol. The first-order valence-corrected chi connectivity index (χ1v) is 7.92. The SMILES string of the molecule is O=C(Cn1nc(Br)cc1Br)NC1CCCCCC1. The van der Waals surface area contributed by atoms with Crippen molar-refractivity contribution in [3.8, 4) is 0 Å². The molecule has 6 heteroatoms. The molecule has 0 saturated heterocycles. The van der Waals surface area contributed by atoms with E-state index in [1.54, 1.807) is 4.68 Å². The highest BCUT2D eigenvalue weighted by atomic mass is 79.9. The van der Waals surface area contributed by atoms with E-state index in [9.17, 15) is 4.79 Å². The Morgan fingerprint density at radius 2 is 2.00 bits per heavy atom. The van der Waals surface area contributed by atoms with Gasteiger partial charge in [-0.15, -0.1) is 0 Å². The van der Waals surface area contributed by atoms with Crippen molar-refractivity contribution in [2.24, 2.45) is 0 Å². The number of nitrogens with zero attached hydrogens (tertiary/aromatic N) is 2. The first-order valence-electron chi connectivity index (χ1n) is 6.33. The average molecular weight is 379 g/mol. The van der Waals surface area contributed by atoms with Crippen LogP contribution in [0.4, 0.5) is 0 Å². The minimum Gasteiger partial charge on any atom is -0.352 e. The van der Waals surface area contributed by atoms with Crippen LogP contribution in [0.25, 0.3) is 0 Å². The summed E-state index contributed by atoms with van der Waals surface area (Å²) in [4.78, 5) is 11.9. The molecule has 0 bridgehead atoms. The molecule has 1 amide bonds. The van der Waals surface area contributed by atoms with Crippen LogP contribution in [-0.2, 0) is 11.3 Å². The topological polar surface area (TPSA) is 46.9 Å². The molecule has 0 aliphatic heterocycles. The molecule has 1 aromatic rings. The molecule has 0 aromatic carbocycles. The number of carbonyl (C=O) groups excluding carboxylic acids is 1. The second kappa shape index (κ2) is 6.70. The quantitative estimate of drug-likeness (QED) is 0.820. The second-order valence-corrected chi connectivity index (χ2v) is 6.33. The molecule has 1 aliphatic rings. The van der Waals surface area contributed by atoms with Gasteiger partial charge < -0.3 is 5.32 Å². The number of hydrogen-bond donors (Lipinski definition) is 1. The van der Waals surface area contributed by atoms with E-state index in [-0.39, 0.29) is 12.5 Å². The number of aromatic nitrogens is 2. The van der Waals surface area contributed by atoms with Crippen molar-refractivity contribution < 1.29 is 4.79 Å². The minimum absolute atomic E-state index is 0.0400. The van der Waals surface area contributed by atoms with Crippen molar-refractivity contribution in [1.29, 1.82) is 0 Å². The molecule has 0 spiro atoms. The lowest BCUT2D eigenvalue weighted by Gasteiger charge is -2.16. The molecule has 0 unspecified atom stereocenters. The third-order valence-electron chi connectivity index (χ3n) is 3.21. The van der Waals surface area contributed by atoms with E-state index in [1.165, 1.54) is 25.7 Å². The van der Waals surface area contributed by atoms with Gasteiger partial charge in [0.15, 0.2) is 0 Å². The van der Waals surface area contributed by atoms with Crippen molar-refractivity contribution in [2.45, 2.75) is 51.1 Å². The fourth-order valence-corrected chi connectivity index (χ4v) is 3.45. The van der Waals surface area contributed by atoms with Crippen LogP contribution in [0.2, 0.25) is 0 Å². The molecule has 1 heterocycles. The third kappa shape index (κ3) is 4.09. The zero-order valence-electron chi connectivity index (χ0n) is 10.2. The van der Waals surface area contributed by atoms with Crippen LogP contribution in [0.3, 0.4) is 0 Å². The molecular formula is C12H17Br2N3O. The summed E-state index contributed by atoms with van der Waals surface area (Å²) in [7, 11) is 0. The maximum Gasteiger partial charge on any atom is 0.241 e. The van der Waals surface area contributed by atoms with Gasteiger partial charge in [0, 0.05) is 12.1 Å². The zero-order valence-corrected chi connectivity index (χ0v) is 13.3. The highest BCUT2D eigenvalue weighted by Gasteiger charge is 2.15. The van der Waals surface area contributed by atoms with E-state index in [2.05, 4.69) is 42.3 Å². The van der Waals surface area contributed by atoms with Crippen molar-refractivity contribution in [3.05, 3.63) is 15.3 Å². The summed E-state index contributed by atoms with van der Waals surface area (Å²) >= 11 is 6.66. The number of nitrogens with one attached hydrogen (secondary N) is 1. The molecule has 0 atom stereocenters. The first-order chi connectivity index (χ1) is 8.65. The summed E-state index contributed by atoms with van der Waals surface area (Å²) in [6, 6.07) is 2.18. The summed E-state index contributed by atoms with van der Waals surface area (Å²) in [6.45, 7) is 0.267. The molecule has 1 aromatic heterocycles. The van der Waals surface area contributed by atoms with E-state index in [1.807, 2.05) is 6.07 Å². The van der Waals surface area contributed by atoms with Gasteiger partial charge in [-0.25, -0.2) is 4.68 Å². The van der Waals surface area contributed by atoms with Crippen molar-refractivity contribution in [1.82, 2.24) is 15.1 Å². The number of rotatable bonds is 3. The maximum absolute atomic E-state index is 11.9. The van der Waals surface area contributed by atoms with Gasteiger partial charge in [0.2, 0.25) is 5.91 Å². The Morgan fingerprint density at radius 3 is 2.56 bits per heavy atom. The minimum atomic E-state index is 0.0400. The average Bonchev–Trinajstić information content (AvgIpc) is 2.54. The van der Waals surface area contributed by atoms with Crippen LogP contribution >= 0.6 is 31.9 Å². The standard InChI is InChI=1S/C12H17Br2N3O/c13-10-7-11(14)17(16-10)8-12(18)15-9-5-3-1-2-4-6-9/h7,9H,1-6,8H2,(H,15,18). The lowest BCUT2D eigenvalue weighted by atomic mass is 10.1. The summed E-state index contributed by atoms with van der Waals surface area (Å²) in [6.07, 6.45) is 7.25. The Labute approximate surface area is 124 Å². The molecule has 1 fully saturated rings. The zero-order chi connectivity index (χ0) is 13.0. The number of halogens is 2. The monoisotopic (exact) mass is 377 g/mol. The van der Waals surface area contributed by atoms with Gasteiger partial charge in [-0.05, 0) is 44.7 Å². The molecule has 18 heavy (non-hydrogen) atoms. The number of carbonyl (C=O) groups is 1. The molecule has 1 saturated carbocycles. The Hall–Kier alpha value is -0.360. The van der Waals surface area contributed by atoms with Crippen LogP contribution in [0, 0.1) is 0 Å². The largest absolute Gasteiger partial charge is 0.352 e. The smallest absolute Gasteiger partial charge is 0.241 e. The highest BCUT2D eigenvalue weighted by molar-refractivity contribution is 9.11. The van der Waals surface area contributed by atoms with E-state index in [4.69, 9.17) is 0 Å². The predicted octanol–water partition coefficient (Wildman–Crippen LogP) is 3.25. The van der Waals surface area contributed by atoms with Gasteiger partial charge in [0.1, 0.15) is 15.8 Å². The summed E-state index contributed by atoms with van der Waals surface area (Å²) in [5.74, 6) is 0.0400. The van der Waals surface area contributed by atoms with Gasteiger partial charge >= 0.3 is 0 Å². The molecule has 2 rings (SSSR count). The van der Waals surface area contributed by atoms with Crippen LogP contribution in [0.1, 0.15) is 38.5 Å². The van der Waals surface area contributed by atoms with E-state index in [0.717, 1.165) is 22.0 Å². The van der Waals surface area contributed by atoms with Crippen molar-refractivity contribution >= 4 is 37.8 Å². The van der Waals surface area contributed by atoms with Crippen molar-refractivity contribution in [3.63, 3.8) is 0 Å². The van der Waals surface area contributed by atoms with E-state index in [0.29, 0.717) is 6.04 Å². The lowest BCUT2D eigenvalue weighted by molar-refractivity contribution is -0.122. The maximum atomic E-state index is 11.9. The summed E-state index contributed by atoms with van der Waals surface area (Å²) < 4.78 is 3.19. The highest BCUT2D eigenvalue weighted by Crippen LogP contribution is 2.18. The normalized spacial score (nSPS) is 17.4. The second-order valence-electron chi connectivity index (χ2n) is 4.70. The number of amides is 1. The summed E-state index contributed by atoms with van der Waals surface area (Å²) in [5, 5.41) is 7.30. The summed E-state index contributed by atoms with van der Waals surface area (Å²) in [5.41, 5.74) is 0. The Bertz CT molecular complexity index is 411. The molecule has 4 nitrogen and oxygen atoms in total.